The van der Waals surface area contributed by atoms with Crippen LogP contribution in [0.2, 0.25) is 0 Å². The molecule has 0 spiro atoms. The molecule has 0 amide bonds. The minimum atomic E-state index is 0.512. The Balaban J connectivity index is 1.59. The fourth-order valence-corrected chi connectivity index (χ4v) is 5.02. The molecule has 1 aliphatic heterocycles. The first-order valence-electron chi connectivity index (χ1n) is 6.46. The highest BCUT2D eigenvalue weighted by Crippen LogP contribution is 2.31. The maximum atomic E-state index is 3.71. The third-order valence-electron chi connectivity index (χ3n) is 3.36. The molecule has 2 heterocycles. The van der Waals surface area contributed by atoms with Gasteiger partial charge in [-0.3, -0.25) is 0 Å². The van der Waals surface area contributed by atoms with Crippen molar-refractivity contribution in [1.29, 1.82) is 0 Å². The van der Waals surface area contributed by atoms with Crippen molar-refractivity contribution in [2.45, 2.75) is 18.2 Å². The quantitative estimate of drug-likeness (QED) is 0.859. The van der Waals surface area contributed by atoms with E-state index in [9.17, 15) is 0 Å². The molecule has 0 aliphatic carbocycles. The molecule has 1 N–H and O–H groups in total. The maximum absolute atomic E-state index is 3.71. The third kappa shape index (κ3) is 3.43. The smallest absolute Gasteiger partial charge is 0.0701 e. The van der Waals surface area contributed by atoms with Crippen LogP contribution in [0.4, 0.5) is 0 Å². The van der Waals surface area contributed by atoms with E-state index in [1.54, 1.807) is 0 Å². The SMILES string of the molecule is Brc1ccc(CCNC2CSCc3ccccc32)s1. The highest BCUT2D eigenvalue weighted by atomic mass is 79.9. The molecule has 100 valence electrons. The molecule has 3 rings (SSSR count). The molecule has 2 aromatic rings. The third-order valence-corrected chi connectivity index (χ3v) is 6.13. The molecular weight excluding hydrogens is 338 g/mol. The number of rotatable bonds is 4. The van der Waals surface area contributed by atoms with Crippen molar-refractivity contribution in [3.63, 3.8) is 0 Å². The van der Waals surface area contributed by atoms with Crippen LogP contribution < -0.4 is 5.32 Å². The van der Waals surface area contributed by atoms with Gasteiger partial charge in [0.1, 0.15) is 0 Å². The largest absolute Gasteiger partial charge is 0.309 e. The second-order valence-electron chi connectivity index (χ2n) is 4.68. The number of thioether (sulfide) groups is 1. The molecular formula is C15H16BrNS2. The van der Waals surface area contributed by atoms with E-state index in [1.807, 2.05) is 23.1 Å². The van der Waals surface area contributed by atoms with Crippen molar-refractivity contribution in [2.75, 3.05) is 12.3 Å². The minimum absolute atomic E-state index is 0.512. The van der Waals surface area contributed by atoms with Crippen molar-refractivity contribution in [1.82, 2.24) is 5.32 Å². The summed E-state index contributed by atoms with van der Waals surface area (Å²) >= 11 is 7.38. The lowest BCUT2D eigenvalue weighted by Gasteiger charge is -2.26. The maximum Gasteiger partial charge on any atom is 0.0701 e. The number of nitrogens with one attached hydrogen (secondary N) is 1. The van der Waals surface area contributed by atoms with Gasteiger partial charge in [0, 0.05) is 29.0 Å². The number of hydrogen-bond donors (Lipinski definition) is 1. The lowest BCUT2D eigenvalue weighted by molar-refractivity contribution is 0.579. The summed E-state index contributed by atoms with van der Waals surface area (Å²) in [5.41, 5.74) is 2.99. The van der Waals surface area contributed by atoms with E-state index in [1.165, 1.54) is 25.5 Å². The number of benzene rings is 1. The minimum Gasteiger partial charge on any atom is -0.309 e. The molecule has 1 nitrogen and oxygen atoms in total. The lowest BCUT2D eigenvalue weighted by atomic mass is 10.0. The molecule has 1 aromatic carbocycles. The van der Waals surface area contributed by atoms with Crippen LogP contribution in [0.5, 0.6) is 0 Å². The van der Waals surface area contributed by atoms with Crippen LogP contribution in [0.1, 0.15) is 22.0 Å². The van der Waals surface area contributed by atoms with E-state index in [4.69, 9.17) is 0 Å². The summed E-state index contributed by atoms with van der Waals surface area (Å²) in [5, 5.41) is 3.71. The first-order valence-corrected chi connectivity index (χ1v) is 9.22. The highest BCUT2D eigenvalue weighted by Gasteiger charge is 2.19. The van der Waals surface area contributed by atoms with Crippen LogP contribution in [0.25, 0.3) is 0 Å². The molecule has 0 bridgehead atoms. The van der Waals surface area contributed by atoms with Crippen molar-refractivity contribution in [2.24, 2.45) is 0 Å². The molecule has 1 unspecified atom stereocenters. The number of thiophene rings is 1. The molecule has 19 heavy (non-hydrogen) atoms. The number of fused-ring (bicyclic) bond motifs is 1. The van der Waals surface area contributed by atoms with Gasteiger partial charge in [0.2, 0.25) is 0 Å². The van der Waals surface area contributed by atoms with E-state index < -0.39 is 0 Å². The zero-order valence-corrected chi connectivity index (χ0v) is 13.8. The van der Waals surface area contributed by atoms with Crippen LogP contribution in [0.15, 0.2) is 40.2 Å². The normalized spacial score (nSPS) is 18.3. The molecule has 0 radical (unpaired) electrons. The van der Waals surface area contributed by atoms with E-state index in [2.05, 4.69) is 57.6 Å². The molecule has 1 atom stereocenters. The van der Waals surface area contributed by atoms with Crippen molar-refractivity contribution in [3.8, 4) is 0 Å². The monoisotopic (exact) mass is 353 g/mol. The Morgan fingerprint density at radius 2 is 2.11 bits per heavy atom. The Kier molecular flexibility index (Phi) is 4.64. The van der Waals surface area contributed by atoms with E-state index in [-0.39, 0.29) is 0 Å². The summed E-state index contributed by atoms with van der Waals surface area (Å²) in [6.45, 7) is 1.05. The zero-order chi connectivity index (χ0) is 13.1. The second kappa shape index (κ2) is 6.44. The Labute approximate surface area is 130 Å². The summed E-state index contributed by atoms with van der Waals surface area (Å²) in [6, 6.07) is 13.7. The second-order valence-corrected chi connectivity index (χ2v) is 8.25. The average Bonchev–Trinajstić information content (AvgIpc) is 2.85. The van der Waals surface area contributed by atoms with Crippen LogP contribution >= 0.6 is 39.0 Å². The molecule has 0 saturated heterocycles. The van der Waals surface area contributed by atoms with Crippen molar-refractivity contribution >= 4 is 39.0 Å². The summed E-state index contributed by atoms with van der Waals surface area (Å²) in [5.74, 6) is 2.34. The molecule has 1 aromatic heterocycles. The fraction of sp³-hybridized carbons (Fsp3) is 0.333. The highest BCUT2D eigenvalue weighted by molar-refractivity contribution is 9.11. The van der Waals surface area contributed by atoms with Gasteiger partial charge in [-0.2, -0.15) is 11.8 Å². The Bertz CT molecular complexity index is 553. The number of halogens is 1. The summed E-state index contributed by atoms with van der Waals surface area (Å²) in [7, 11) is 0. The van der Waals surface area contributed by atoms with Crippen LogP contribution in [-0.2, 0) is 12.2 Å². The predicted octanol–water partition coefficient (Wildman–Crippen LogP) is 4.63. The Hall–Kier alpha value is -0.290. The van der Waals surface area contributed by atoms with E-state index in [0.29, 0.717) is 6.04 Å². The molecule has 0 saturated carbocycles. The first-order chi connectivity index (χ1) is 9.33. The van der Waals surface area contributed by atoms with Gasteiger partial charge in [-0.25, -0.2) is 0 Å². The van der Waals surface area contributed by atoms with Gasteiger partial charge in [0.15, 0.2) is 0 Å². The average molecular weight is 354 g/mol. The standard InChI is InChI=1S/C15H16BrNS2/c16-15-6-5-12(19-15)7-8-17-14-10-18-9-11-3-1-2-4-13(11)14/h1-6,14,17H,7-10H2. The predicted molar refractivity (Wildman–Crippen MR) is 89.1 cm³/mol. The van der Waals surface area contributed by atoms with Gasteiger partial charge in [-0.15, -0.1) is 11.3 Å². The van der Waals surface area contributed by atoms with E-state index >= 15 is 0 Å². The van der Waals surface area contributed by atoms with Gasteiger partial charge in [0.25, 0.3) is 0 Å². The Morgan fingerprint density at radius 3 is 2.95 bits per heavy atom. The lowest BCUT2D eigenvalue weighted by Crippen LogP contribution is -2.28. The fourth-order valence-electron chi connectivity index (χ4n) is 2.41. The topological polar surface area (TPSA) is 12.0 Å². The van der Waals surface area contributed by atoms with Crippen molar-refractivity contribution < 1.29 is 0 Å². The number of hydrogen-bond acceptors (Lipinski definition) is 3. The van der Waals surface area contributed by atoms with Gasteiger partial charge >= 0.3 is 0 Å². The molecule has 1 aliphatic rings. The Morgan fingerprint density at radius 1 is 1.21 bits per heavy atom. The van der Waals surface area contributed by atoms with Crippen LogP contribution in [0.3, 0.4) is 0 Å². The van der Waals surface area contributed by atoms with Gasteiger partial charge < -0.3 is 5.32 Å². The molecule has 0 fully saturated rings. The summed E-state index contributed by atoms with van der Waals surface area (Å²) < 4.78 is 1.22. The van der Waals surface area contributed by atoms with Crippen molar-refractivity contribution in [3.05, 3.63) is 56.2 Å². The zero-order valence-electron chi connectivity index (χ0n) is 10.6. The summed E-state index contributed by atoms with van der Waals surface area (Å²) in [6.07, 6.45) is 1.11. The van der Waals surface area contributed by atoms with Crippen LogP contribution in [-0.4, -0.2) is 12.3 Å². The van der Waals surface area contributed by atoms with Gasteiger partial charge in [-0.05, 0) is 45.6 Å². The van der Waals surface area contributed by atoms with Gasteiger partial charge in [0.05, 0.1) is 3.79 Å². The first kappa shape index (κ1) is 13.7. The van der Waals surface area contributed by atoms with Gasteiger partial charge in [-0.1, -0.05) is 24.3 Å². The van der Waals surface area contributed by atoms with E-state index in [0.717, 1.165) is 18.7 Å². The summed E-state index contributed by atoms with van der Waals surface area (Å²) in [4.78, 5) is 1.44. The molecule has 4 heteroatoms. The van der Waals surface area contributed by atoms with Crippen LogP contribution in [0, 0.1) is 0 Å².